The van der Waals surface area contributed by atoms with E-state index in [9.17, 15) is 19.1 Å². The van der Waals surface area contributed by atoms with Crippen molar-refractivity contribution in [3.63, 3.8) is 0 Å². The van der Waals surface area contributed by atoms with Gasteiger partial charge in [-0.05, 0) is 12.8 Å². The number of hydrogen-bond acceptors (Lipinski definition) is 5. The quantitative estimate of drug-likeness (QED) is 0.498. The molecule has 0 aliphatic carbocycles. The summed E-state index contributed by atoms with van der Waals surface area (Å²) in [5, 5.41) is 18.7. The zero-order valence-electron chi connectivity index (χ0n) is 13.4. The molecule has 1 unspecified atom stereocenters. The van der Waals surface area contributed by atoms with Gasteiger partial charge in [0.15, 0.2) is 12.4 Å². The molecule has 1 fully saturated rings. The molecule has 8 heteroatoms. The largest absolute Gasteiger partial charge is 0.394 e. The van der Waals surface area contributed by atoms with Gasteiger partial charge in [0, 0.05) is 19.0 Å². The van der Waals surface area contributed by atoms with Crippen LogP contribution in [0.3, 0.4) is 0 Å². The number of terminal acetylenes is 1. The number of aromatic amines is 1. The van der Waals surface area contributed by atoms with Crippen molar-refractivity contribution in [2.45, 2.75) is 50.3 Å². The zero-order chi connectivity index (χ0) is 18.4. The summed E-state index contributed by atoms with van der Waals surface area (Å²) < 4.78 is 20.1. The van der Waals surface area contributed by atoms with Gasteiger partial charge in [0.25, 0.3) is 5.56 Å². The molecule has 0 radical (unpaired) electrons. The van der Waals surface area contributed by atoms with Crippen molar-refractivity contribution in [1.29, 1.82) is 0 Å². The topological polar surface area (TPSA) is 105 Å². The minimum absolute atomic E-state index is 0.0192. The Morgan fingerprint density at radius 3 is 2.72 bits per heavy atom. The highest BCUT2D eigenvalue weighted by molar-refractivity contribution is 5.29. The summed E-state index contributed by atoms with van der Waals surface area (Å²) in [7, 11) is 0. The van der Waals surface area contributed by atoms with Gasteiger partial charge in [-0.2, -0.15) is 0 Å². The predicted molar refractivity (Wildman–Crippen MR) is 87.4 cm³/mol. The van der Waals surface area contributed by atoms with Crippen molar-refractivity contribution in [2.24, 2.45) is 0 Å². The van der Waals surface area contributed by atoms with Crippen LogP contribution in [0, 0.1) is 24.2 Å². The van der Waals surface area contributed by atoms with Crippen LogP contribution in [0.25, 0.3) is 0 Å². The van der Waals surface area contributed by atoms with Crippen LogP contribution in [0.4, 0.5) is 4.39 Å². The summed E-state index contributed by atoms with van der Waals surface area (Å²) in [6.45, 7) is -0.597. The van der Waals surface area contributed by atoms with E-state index in [2.05, 4.69) is 17.8 Å². The summed E-state index contributed by atoms with van der Waals surface area (Å²) in [5.41, 5.74) is -1.60. The van der Waals surface area contributed by atoms with Crippen LogP contribution in [0.15, 0.2) is 15.8 Å². The fourth-order valence-corrected chi connectivity index (χ4v) is 2.44. The number of nitrogens with one attached hydrogen (secondary N) is 1. The number of aromatic nitrogens is 2. The third-order valence-electron chi connectivity index (χ3n) is 3.81. The zero-order valence-corrected chi connectivity index (χ0v) is 13.4. The molecule has 1 aromatic heterocycles. The molecule has 1 aliphatic rings. The Balaban J connectivity index is 2.21. The molecule has 134 valence electrons. The molecule has 2 heterocycles. The van der Waals surface area contributed by atoms with Gasteiger partial charge in [-0.1, -0.05) is 11.8 Å². The standard InChI is InChI=1S/C17H19FN2O5/c1-2-3-4-5-6-7-8-11-9-20(17(24)19-15(11)23)16-13(18)14(22)12(10-21)25-16/h1,9,12-14,16,21-22H,3-6,10H2,(H,19,23,24)/t12-,13-,14?,16-/m1/s1. The second-order valence-electron chi connectivity index (χ2n) is 5.61. The average Bonchev–Trinajstić information content (AvgIpc) is 2.87. The highest BCUT2D eigenvalue weighted by Crippen LogP contribution is 2.30. The lowest BCUT2D eigenvalue weighted by atomic mass is 10.1. The highest BCUT2D eigenvalue weighted by atomic mass is 19.1. The van der Waals surface area contributed by atoms with E-state index in [4.69, 9.17) is 16.3 Å². The first-order valence-corrected chi connectivity index (χ1v) is 7.86. The lowest BCUT2D eigenvalue weighted by Crippen LogP contribution is -2.37. The van der Waals surface area contributed by atoms with Gasteiger partial charge in [-0.15, -0.1) is 12.3 Å². The maximum Gasteiger partial charge on any atom is 0.330 e. The van der Waals surface area contributed by atoms with Gasteiger partial charge in [0.05, 0.1) is 6.61 Å². The number of ether oxygens (including phenoxy) is 1. The number of nitrogens with zero attached hydrogens (tertiary/aromatic N) is 1. The molecule has 3 N–H and O–H groups in total. The Morgan fingerprint density at radius 1 is 1.36 bits per heavy atom. The Bertz CT molecular complexity index is 813. The fourth-order valence-electron chi connectivity index (χ4n) is 2.44. The molecule has 0 amide bonds. The Hall–Kier alpha value is -2.39. The first kappa shape index (κ1) is 18.9. The fraction of sp³-hybridized carbons (Fsp3) is 0.529. The van der Waals surface area contributed by atoms with Crippen molar-refractivity contribution >= 4 is 0 Å². The SMILES string of the molecule is C#CCCCCC#Cc1cn([C@@H]2O[C@H](CO)C(O)[C@H]2F)c(=O)[nH]c1=O. The van der Waals surface area contributed by atoms with E-state index in [1.54, 1.807) is 0 Å². The lowest BCUT2D eigenvalue weighted by molar-refractivity contribution is -0.0491. The average molecular weight is 350 g/mol. The second-order valence-corrected chi connectivity index (χ2v) is 5.61. The summed E-state index contributed by atoms with van der Waals surface area (Å²) >= 11 is 0. The van der Waals surface area contributed by atoms with Crippen molar-refractivity contribution in [2.75, 3.05) is 6.61 Å². The highest BCUT2D eigenvalue weighted by Gasteiger charge is 2.45. The Kier molecular flexibility index (Phi) is 6.54. The maximum atomic E-state index is 14.2. The van der Waals surface area contributed by atoms with Gasteiger partial charge in [-0.25, -0.2) is 9.18 Å². The normalized spacial score (nSPS) is 25.2. The van der Waals surface area contributed by atoms with E-state index in [1.165, 1.54) is 0 Å². The van der Waals surface area contributed by atoms with Crippen LogP contribution in [0.1, 0.15) is 37.5 Å². The third kappa shape index (κ3) is 4.37. The van der Waals surface area contributed by atoms with Crippen molar-refractivity contribution < 1.29 is 19.3 Å². The number of rotatable bonds is 5. The van der Waals surface area contributed by atoms with Crippen LogP contribution < -0.4 is 11.2 Å². The number of aliphatic hydroxyl groups is 2. The van der Waals surface area contributed by atoms with Gasteiger partial charge in [-0.3, -0.25) is 14.3 Å². The maximum absolute atomic E-state index is 14.2. The van der Waals surface area contributed by atoms with E-state index < -0.39 is 42.5 Å². The van der Waals surface area contributed by atoms with E-state index in [1.807, 2.05) is 4.98 Å². The summed E-state index contributed by atoms with van der Waals surface area (Å²) in [6.07, 6.45) is 2.92. The van der Waals surface area contributed by atoms with E-state index in [0.29, 0.717) is 12.8 Å². The molecule has 1 aliphatic heterocycles. The molecule has 2 rings (SSSR count). The minimum Gasteiger partial charge on any atom is -0.394 e. The number of H-pyrrole nitrogens is 1. The number of hydrogen-bond donors (Lipinski definition) is 3. The van der Waals surface area contributed by atoms with Crippen molar-refractivity contribution in [3.05, 3.63) is 32.6 Å². The molecule has 0 bridgehead atoms. The number of alkyl halides is 1. The van der Waals surface area contributed by atoms with Crippen LogP contribution in [0.2, 0.25) is 0 Å². The molecule has 4 atom stereocenters. The molecule has 7 nitrogen and oxygen atoms in total. The van der Waals surface area contributed by atoms with Gasteiger partial charge in [0.1, 0.15) is 17.8 Å². The molecular formula is C17H19FN2O5. The van der Waals surface area contributed by atoms with Gasteiger partial charge < -0.3 is 14.9 Å². The second kappa shape index (κ2) is 8.63. The Labute approximate surface area is 143 Å². The van der Waals surface area contributed by atoms with Crippen LogP contribution in [-0.2, 0) is 4.74 Å². The molecule has 1 saturated heterocycles. The molecule has 0 aromatic carbocycles. The first-order valence-electron chi connectivity index (χ1n) is 7.86. The van der Waals surface area contributed by atoms with Crippen LogP contribution in [-0.4, -0.2) is 44.8 Å². The van der Waals surface area contributed by atoms with Crippen molar-refractivity contribution in [3.8, 4) is 24.2 Å². The molecule has 1 aromatic rings. The molecule has 0 spiro atoms. The predicted octanol–water partition coefficient (Wildman–Crippen LogP) is -0.330. The number of aliphatic hydroxyl groups excluding tert-OH is 2. The lowest BCUT2D eigenvalue weighted by Gasteiger charge is -2.15. The minimum atomic E-state index is -1.93. The number of unbranched alkanes of at least 4 members (excludes halogenated alkanes) is 3. The summed E-state index contributed by atoms with van der Waals surface area (Å²) in [6, 6.07) is 0. The molecule has 25 heavy (non-hydrogen) atoms. The molecular weight excluding hydrogens is 331 g/mol. The van der Waals surface area contributed by atoms with Crippen molar-refractivity contribution in [1.82, 2.24) is 9.55 Å². The van der Waals surface area contributed by atoms with Crippen LogP contribution in [0.5, 0.6) is 0 Å². The number of halogens is 1. The van der Waals surface area contributed by atoms with Gasteiger partial charge in [0.2, 0.25) is 0 Å². The summed E-state index contributed by atoms with van der Waals surface area (Å²) in [4.78, 5) is 25.8. The monoisotopic (exact) mass is 350 g/mol. The Morgan fingerprint density at radius 2 is 2.08 bits per heavy atom. The van der Waals surface area contributed by atoms with Gasteiger partial charge >= 0.3 is 5.69 Å². The smallest absolute Gasteiger partial charge is 0.330 e. The van der Waals surface area contributed by atoms with E-state index in [-0.39, 0.29) is 5.56 Å². The van der Waals surface area contributed by atoms with E-state index in [0.717, 1.165) is 23.6 Å². The summed E-state index contributed by atoms with van der Waals surface area (Å²) in [5.74, 6) is 7.96. The van der Waals surface area contributed by atoms with E-state index >= 15 is 0 Å². The first-order chi connectivity index (χ1) is 12.0. The molecule has 0 saturated carbocycles. The van der Waals surface area contributed by atoms with Crippen LogP contribution >= 0.6 is 0 Å². The third-order valence-corrected chi connectivity index (χ3v) is 3.81.